The molecule has 2 aliphatic rings. The van der Waals surface area contributed by atoms with Crippen molar-refractivity contribution in [2.45, 2.75) is 109 Å². The number of aliphatic hydroxyl groups excluding tert-OH is 1. The lowest BCUT2D eigenvalue weighted by Crippen LogP contribution is -2.59. The number of fused-ring (bicyclic) bond motifs is 4. The van der Waals surface area contributed by atoms with Crippen LogP contribution in [0.5, 0.6) is 0 Å². The van der Waals surface area contributed by atoms with Gasteiger partial charge in [0.2, 0.25) is 0 Å². The molecule has 260 valence electrons. The van der Waals surface area contributed by atoms with E-state index in [9.17, 15) is 9.90 Å². The van der Waals surface area contributed by atoms with Gasteiger partial charge in [-0.05, 0) is 52.1 Å². The molecule has 0 saturated carbocycles. The second-order valence-corrected chi connectivity index (χ2v) is 21.4. The summed E-state index contributed by atoms with van der Waals surface area (Å²) in [6.07, 6.45) is 1.57. The van der Waals surface area contributed by atoms with Crippen LogP contribution in [0.2, 0.25) is 35.9 Å². The summed E-state index contributed by atoms with van der Waals surface area (Å²) in [6, 6.07) is 3.37. The highest BCUT2D eigenvalue weighted by molar-refractivity contribution is 6.76. The highest BCUT2D eigenvalue weighted by atomic mass is 35.5. The molecule has 11 nitrogen and oxygen atoms in total. The van der Waals surface area contributed by atoms with E-state index in [1.54, 1.807) is 32.5 Å². The zero-order chi connectivity index (χ0) is 34.7. The van der Waals surface area contributed by atoms with Crippen LogP contribution in [0.25, 0.3) is 33.2 Å². The third-order valence-corrected chi connectivity index (χ3v) is 11.6. The van der Waals surface area contributed by atoms with Gasteiger partial charge >= 0.3 is 6.09 Å². The molecule has 48 heavy (non-hydrogen) atoms. The normalized spacial score (nSPS) is 21.4. The summed E-state index contributed by atoms with van der Waals surface area (Å²) in [7, 11) is 0.433. The van der Waals surface area contributed by atoms with Crippen molar-refractivity contribution in [1.82, 2.24) is 29.6 Å². The van der Waals surface area contributed by atoms with Crippen LogP contribution >= 0.6 is 23.2 Å². The standard InChI is InChI=1S/C33H44Cl2FN7O4Si/c1-33(2,3)47-32(45)38-22-14-18-8-11-24(27(22)36)43(18)30-23(16-44)37-28-20(15-42(31(28)39-30)17-46-12-13-48(5,6)7)19-9-10-21-25(26(19)34)29(35)41(4)40-21/h9-10,15,18,22,24,27,44H,8,11-14,16-17H2,1-7H3,(H,38,45)/t18-,22-,24+,27-/m0/s1. The van der Waals surface area contributed by atoms with Crippen LogP contribution in [0, 0.1) is 0 Å². The Bertz CT molecular complexity index is 1850. The SMILES string of the molecule is Cn1nc2ccc(-c3cn(COCC[Si](C)(C)C)c4nc(N5[C@H]6CC[C@@H]5[C@@H](F)[C@@H](NC(=O)OC(C)(C)C)C6)c(CO)nc34)c(Cl)c2c1Cl. The first kappa shape index (κ1) is 34.9. The number of hydrogen-bond acceptors (Lipinski definition) is 8. The van der Waals surface area contributed by atoms with Crippen LogP contribution in [-0.4, -0.2) is 80.1 Å². The minimum absolute atomic E-state index is 0.112. The Balaban J connectivity index is 1.40. The molecule has 6 rings (SSSR count). The number of alkyl halides is 1. The number of aromatic nitrogens is 5. The van der Waals surface area contributed by atoms with Crippen LogP contribution in [0.1, 0.15) is 45.7 Å². The van der Waals surface area contributed by atoms with Gasteiger partial charge in [0, 0.05) is 45.1 Å². The third-order valence-electron chi connectivity index (χ3n) is 9.05. The summed E-state index contributed by atoms with van der Waals surface area (Å²) in [4.78, 5) is 24.6. The van der Waals surface area contributed by atoms with Gasteiger partial charge in [-0.15, -0.1) is 0 Å². The maximum Gasteiger partial charge on any atom is 0.407 e. The Kier molecular flexibility index (Phi) is 9.48. The van der Waals surface area contributed by atoms with Crippen molar-refractivity contribution in [3.8, 4) is 11.1 Å². The molecular formula is C33H44Cl2FN7O4Si. The number of aliphatic hydroxyl groups is 1. The molecule has 2 fully saturated rings. The molecule has 2 saturated heterocycles. The Morgan fingerprint density at radius 2 is 1.92 bits per heavy atom. The number of aryl methyl sites for hydroxylation is 1. The average Bonchev–Trinajstić information content (AvgIpc) is 3.62. The summed E-state index contributed by atoms with van der Waals surface area (Å²) < 4.78 is 31.2. The zero-order valence-electron chi connectivity index (χ0n) is 28.5. The van der Waals surface area contributed by atoms with E-state index in [4.69, 9.17) is 42.6 Å². The first-order valence-electron chi connectivity index (χ1n) is 16.4. The second kappa shape index (κ2) is 13.1. The number of benzene rings is 1. The number of rotatable bonds is 9. The van der Waals surface area contributed by atoms with Crippen molar-refractivity contribution in [3.63, 3.8) is 0 Å². The lowest BCUT2D eigenvalue weighted by molar-refractivity contribution is 0.0447. The van der Waals surface area contributed by atoms with Gasteiger partial charge in [0.25, 0.3) is 0 Å². The molecular weight excluding hydrogens is 676 g/mol. The first-order chi connectivity index (χ1) is 22.6. The lowest BCUT2D eigenvalue weighted by Gasteiger charge is -2.42. The Labute approximate surface area is 290 Å². The molecule has 1 aromatic carbocycles. The van der Waals surface area contributed by atoms with E-state index >= 15 is 4.39 Å². The lowest BCUT2D eigenvalue weighted by atomic mass is 9.95. The number of carbonyl (C=O) groups is 1. The van der Waals surface area contributed by atoms with Crippen molar-refractivity contribution >= 4 is 65.3 Å². The number of piperidine rings is 1. The predicted molar refractivity (Wildman–Crippen MR) is 189 cm³/mol. The molecule has 2 aliphatic heterocycles. The zero-order valence-corrected chi connectivity index (χ0v) is 31.0. The first-order valence-corrected chi connectivity index (χ1v) is 20.8. The van der Waals surface area contributed by atoms with Gasteiger partial charge in [0.05, 0.1) is 34.6 Å². The molecule has 0 aliphatic carbocycles. The molecule has 0 radical (unpaired) electrons. The number of carbonyl (C=O) groups excluding carboxylic acids is 1. The van der Waals surface area contributed by atoms with Crippen molar-refractivity contribution in [1.29, 1.82) is 0 Å². The molecule has 1 amide bonds. The maximum atomic E-state index is 16.2. The highest BCUT2D eigenvalue weighted by Gasteiger charge is 2.50. The maximum absolute atomic E-state index is 16.2. The van der Waals surface area contributed by atoms with Crippen LogP contribution in [0.3, 0.4) is 0 Å². The molecule has 3 aromatic heterocycles. The minimum atomic E-state index is -1.37. The van der Waals surface area contributed by atoms with Crippen molar-refractivity contribution in [3.05, 3.63) is 34.2 Å². The Hall–Kier alpha value is -2.97. The van der Waals surface area contributed by atoms with Crippen LogP contribution in [-0.2, 0) is 29.9 Å². The van der Waals surface area contributed by atoms with Gasteiger partial charge < -0.3 is 29.4 Å². The van der Waals surface area contributed by atoms with Crippen molar-refractivity contribution in [2.75, 3.05) is 11.5 Å². The van der Waals surface area contributed by atoms with E-state index in [0.29, 0.717) is 74.3 Å². The van der Waals surface area contributed by atoms with E-state index in [2.05, 4.69) is 30.1 Å². The molecule has 4 atom stereocenters. The van der Waals surface area contributed by atoms with Gasteiger partial charge in [-0.25, -0.2) is 19.2 Å². The number of alkyl carbamates (subject to hydrolysis) is 1. The smallest absolute Gasteiger partial charge is 0.407 e. The number of hydrogen-bond donors (Lipinski definition) is 2. The van der Waals surface area contributed by atoms with Crippen molar-refractivity contribution in [2.24, 2.45) is 7.05 Å². The number of nitrogens with zero attached hydrogens (tertiary/aromatic N) is 6. The van der Waals surface area contributed by atoms with Gasteiger partial charge in [0.1, 0.15) is 34.9 Å². The Morgan fingerprint density at radius 1 is 1.17 bits per heavy atom. The molecule has 0 spiro atoms. The topological polar surface area (TPSA) is 120 Å². The summed E-state index contributed by atoms with van der Waals surface area (Å²) in [6.45, 7) is 12.6. The van der Waals surface area contributed by atoms with E-state index < -0.39 is 44.6 Å². The average molecular weight is 721 g/mol. The summed E-state index contributed by atoms with van der Waals surface area (Å²) >= 11 is 13.6. The van der Waals surface area contributed by atoms with Crippen LogP contribution in [0.15, 0.2) is 18.3 Å². The number of ether oxygens (including phenoxy) is 2. The van der Waals surface area contributed by atoms with E-state index in [-0.39, 0.29) is 12.8 Å². The Morgan fingerprint density at radius 3 is 2.60 bits per heavy atom. The monoisotopic (exact) mass is 719 g/mol. The fourth-order valence-electron chi connectivity index (χ4n) is 6.76. The summed E-state index contributed by atoms with van der Waals surface area (Å²) in [5.74, 6) is 0.431. The third kappa shape index (κ3) is 6.76. The predicted octanol–water partition coefficient (Wildman–Crippen LogP) is 7.07. The largest absolute Gasteiger partial charge is 0.444 e. The molecule has 0 unspecified atom stereocenters. The number of amides is 1. The molecule has 2 bridgehead atoms. The fourth-order valence-corrected chi connectivity index (χ4v) is 8.14. The summed E-state index contributed by atoms with van der Waals surface area (Å²) in [5.41, 5.74) is 2.76. The fraction of sp³-hybridized carbons (Fsp3) is 0.576. The van der Waals surface area contributed by atoms with Gasteiger partial charge in [-0.2, -0.15) is 5.10 Å². The van der Waals surface area contributed by atoms with E-state index in [1.807, 2.05) is 27.8 Å². The quantitative estimate of drug-likeness (QED) is 0.139. The number of halogens is 3. The van der Waals surface area contributed by atoms with E-state index in [1.165, 1.54) is 0 Å². The molecule has 15 heteroatoms. The van der Waals surface area contributed by atoms with Crippen molar-refractivity contribution < 1.29 is 23.8 Å². The number of nitrogens with one attached hydrogen (secondary N) is 1. The van der Waals surface area contributed by atoms with Crippen LogP contribution in [0.4, 0.5) is 15.0 Å². The van der Waals surface area contributed by atoms with Gasteiger partial charge in [-0.1, -0.05) is 48.9 Å². The molecule has 5 heterocycles. The van der Waals surface area contributed by atoms with Gasteiger partial charge in [-0.3, -0.25) is 4.68 Å². The summed E-state index contributed by atoms with van der Waals surface area (Å²) in [5, 5.41) is 19.3. The highest BCUT2D eigenvalue weighted by Crippen LogP contribution is 2.44. The minimum Gasteiger partial charge on any atom is -0.444 e. The van der Waals surface area contributed by atoms with E-state index in [0.717, 1.165) is 12.5 Å². The second-order valence-electron chi connectivity index (χ2n) is 15.1. The molecule has 4 aromatic rings. The van der Waals surface area contributed by atoms with Gasteiger partial charge in [0.15, 0.2) is 11.5 Å². The number of anilines is 1. The van der Waals surface area contributed by atoms with Crippen LogP contribution < -0.4 is 10.2 Å². The molecule has 2 N–H and O–H groups in total.